The van der Waals surface area contributed by atoms with Crippen molar-refractivity contribution in [3.8, 4) is 0 Å². The smallest absolute Gasteiger partial charge is 0.252 e. The van der Waals surface area contributed by atoms with Crippen LogP contribution in [0.5, 0.6) is 0 Å². The van der Waals surface area contributed by atoms with Crippen molar-refractivity contribution in [1.29, 1.82) is 0 Å². The molecule has 2 aliphatic rings. The highest BCUT2D eigenvalue weighted by Gasteiger charge is 2.34. The third-order valence-corrected chi connectivity index (χ3v) is 6.23. The first kappa shape index (κ1) is 24.4. The predicted octanol–water partition coefficient (Wildman–Crippen LogP) is 3.18. The number of carbonyl (C=O) groups excluding carboxylic acids is 2. The number of pyridine rings is 1. The van der Waals surface area contributed by atoms with Crippen LogP contribution < -0.4 is 26.2 Å². The topological polar surface area (TPSA) is 104 Å². The first-order chi connectivity index (χ1) is 16.6. The number of piperidine rings is 1. The van der Waals surface area contributed by atoms with E-state index in [-0.39, 0.29) is 55.1 Å². The van der Waals surface area contributed by atoms with E-state index in [0.29, 0.717) is 25.2 Å². The molecule has 1 aromatic heterocycles. The van der Waals surface area contributed by atoms with Crippen LogP contribution >= 0.6 is 0 Å². The number of primary amides is 1. The number of amides is 2. The van der Waals surface area contributed by atoms with Gasteiger partial charge in [0, 0.05) is 56.4 Å². The Balaban J connectivity index is 1.51. The minimum Gasteiger partial charge on any atom is -0.371 e. The van der Waals surface area contributed by atoms with E-state index in [9.17, 15) is 22.8 Å². The number of carbonyl (C=O) groups is 2. The van der Waals surface area contributed by atoms with Crippen molar-refractivity contribution in [2.45, 2.75) is 31.2 Å². The summed E-state index contributed by atoms with van der Waals surface area (Å²) in [6, 6.07) is 7.84. The number of alkyl halides is 2. The molecule has 11 heteroatoms. The largest absolute Gasteiger partial charge is 0.371 e. The zero-order chi connectivity index (χ0) is 25.2. The lowest BCUT2D eigenvalue weighted by atomic mass is 10.1. The number of hydrogen-bond acceptors (Lipinski definition) is 6. The Morgan fingerprint density at radius 2 is 1.83 bits per heavy atom. The lowest BCUT2D eigenvalue weighted by molar-refractivity contribution is -0.117. The molecule has 4 N–H and O–H groups in total. The van der Waals surface area contributed by atoms with E-state index in [2.05, 4.69) is 22.2 Å². The summed E-state index contributed by atoms with van der Waals surface area (Å²) in [6.07, 6.45) is 1.42. The van der Waals surface area contributed by atoms with Gasteiger partial charge in [0.1, 0.15) is 5.82 Å². The lowest BCUT2D eigenvalue weighted by Gasteiger charge is -2.33. The van der Waals surface area contributed by atoms with Gasteiger partial charge in [0.2, 0.25) is 5.91 Å². The number of nitrogens with one attached hydrogen (secondary N) is 2. The number of anilines is 4. The highest BCUT2D eigenvalue weighted by atomic mass is 19.3. The monoisotopic (exact) mass is 488 g/mol. The fraction of sp³-hybridized carbons (Fsp3) is 0.375. The van der Waals surface area contributed by atoms with Gasteiger partial charge in [-0.15, -0.1) is 0 Å². The Bertz CT molecular complexity index is 1110. The van der Waals surface area contributed by atoms with Crippen molar-refractivity contribution < 1.29 is 22.8 Å². The Labute approximate surface area is 201 Å². The van der Waals surface area contributed by atoms with Gasteiger partial charge in [-0.3, -0.25) is 9.59 Å². The molecule has 8 nitrogen and oxygen atoms in total. The third kappa shape index (κ3) is 5.67. The summed E-state index contributed by atoms with van der Waals surface area (Å²) in [7, 11) is 0. The van der Waals surface area contributed by atoms with Crippen LogP contribution in [-0.2, 0) is 4.79 Å². The molecule has 35 heavy (non-hydrogen) atoms. The first-order valence-electron chi connectivity index (χ1n) is 11.3. The van der Waals surface area contributed by atoms with Gasteiger partial charge in [-0.05, 0) is 42.8 Å². The van der Waals surface area contributed by atoms with E-state index < -0.39 is 17.6 Å². The van der Waals surface area contributed by atoms with Gasteiger partial charge in [0.05, 0.1) is 5.56 Å². The van der Waals surface area contributed by atoms with Crippen molar-refractivity contribution in [3.63, 3.8) is 0 Å². The fourth-order valence-electron chi connectivity index (χ4n) is 4.30. The number of halogens is 3. The maximum absolute atomic E-state index is 14.8. The standard InChI is InChI=1S/C24H27F3N6O2/c1-2-20(34)29-16-7-10-33(14-16)23-18(21(28)35)13-19(25)22(31-23)30-15-3-5-17(6-4-15)32-11-8-24(26,27)9-12-32/h2-6,13,16H,1,7-12,14H2,(H2,28,35)(H,29,34)(H,30,31). The van der Waals surface area contributed by atoms with Crippen LogP contribution in [-0.4, -0.2) is 54.9 Å². The molecule has 2 amide bonds. The molecule has 186 valence electrons. The summed E-state index contributed by atoms with van der Waals surface area (Å²) in [6.45, 7) is 4.82. The molecule has 4 rings (SSSR count). The normalized spacial score (nSPS) is 19.3. The molecule has 0 saturated carbocycles. The summed E-state index contributed by atoms with van der Waals surface area (Å²) < 4.78 is 41.6. The summed E-state index contributed by atoms with van der Waals surface area (Å²) in [5.41, 5.74) is 6.75. The number of hydrogen-bond donors (Lipinski definition) is 3. The predicted molar refractivity (Wildman–Crippen MR) is 128 cm³/mol. The Kier molecular flexibility index (Phi) is 6.86. The zero-order valence-electron chi connectivity index (χ0n) is 19.1. The molecule has 3 heterocycles. The summed E-state index contributed by atoms with van der Waals surface area (Å²) in [5.74, 6) is -4.35. The summed E-state index contributed by atoms with van der Waals surface area (Å²) in [5, 5.41) is 5.71. The second-order valence-electron chi connectivity index (χ2n) is 8.71. The van der Waals surface area contributed by atoms with Crippen LogP contribution in [0.4, 0.5) is 36.2 Å². The summed E-state index contributed by atoms with van der Waals surface area (Å²) in [4.78, 5) is 31.6. The Hall–Kier alpha value is -3.76. The van der Waals surface area contributed by atoms with E-state index >= 15 is 0 Å². The minimum absolute atomic E-state index is 0.0546. The average molecular weight is 489 g/mol. The highest BCUT2D eigenvalue weighted by molar-refractivity contribution is 5.98. The van der Waals surface area contributed by atoms with Crippen molar-refractivity contribution >= 4 is 34.8 Å². The lowest BCUT2D eigenvalue weighted by Crippen LogP contribution is -2.39. The van der Waals surface area contributed by atoms with E-state index in [4.69, 9.17) is 5.73 Å². The Morgan fingerprint density at radius 1 is 1.14 bits per heavy atom. The van der Waals surface area contributed by atoms with Crippen molar-refractivity contribution in [3.05, 3.63) is 54.4 Å². The summed E-state index contributed by atoms with van der Waals surface area (Å²) >= 11 is 0. The number of rotatable bonds is 7. The van der Waals surface area contributed by atoms with Gasteiger partial charge < -0.3 is 26.2 Å². The van der Waals surface area contributed by atoms with Crippen molar-refractivity contribution in [2.75, 3.05) is 41.3 Å². The maximum atomic E-state index is 14.8. The molecule has 2 saturated heterocycles. The molecule has 0 spiro atoms. The van der Waals surface area contributed by atoms with Crippen LogP contribution in [0.2, 0.25) is 0 Å². The van der Waals surface area contributed by atoms with Crippen LogP contribution in [0.15, 0.2) is 43.0 Å². The molecule has 0 aliphatic carbocycles. The molecule has 2 fully saturated rings. The van der Waals surface area contributed by atoms with Crippen molar-refractivity contribution in [1.82, 2.24) is 10.3 Å². The molecular weight excluding hydrogens is 461 g/mol. The Morgan fingerprint density at radius 3 is 2.46 bits per heavy atom. The molecule has 1 unspecified atom stereocenters. The fourth-order valence-corrected chi connectivity index (χ4v) is 4.30. The molecule has 0 radical (unpaired) electrons. The van der Waals surface area contributed by atoms with Gasteiger partial charge in [-0.2, -0.15) is 0 Å². The highest BCUT2D eigenvalue weighted by Crippen LogP contribution is 2.32. The maximum Gasteiger partial charge on any atom is 0.252 e. The molecule has 1 atom stereocenters. The quantitative estimate of drug-likeness (QED) is 0.518. The number of nitrogens with two attached hydrogens (primary N) is 1. The number of aromatic nitrogens is 1. The van der Waals surface area contributed by atoms with E-state index in [1.165, 1.54) is 6.08 Å². The first-order valence-corrected chi connectivity index (χ1v) is 11.3. The third-order valence-electron chi connectivity index (χ3n) is 6.23. The van der Waals surface area contributed by atoms with Gasteiger partial charge in [-0.25, -0.2) is 18.2 Å². The molecular formula is C24H27F3N6O2. The molecule has 2 aliphatic heterocycles. The molecule has 1 aromatic carbocycles. The minimum atomic E-state index is -2.62. The molecule has 2 aromatic rings. The number of nitrogens with zero attached hydrogens (tertiary/aromatic N) is 3. The van der Waals surface area contributed by atoms with Crippen LogP contribution in [0, 0.1) is 5.82 Å². The second-order valence-corrected chi connectivity index (χ2v) is 8.71. The van der Waals surface area contributed by atoms with E-state index in [1.54, 1.807) is 29.2 Å². The second kappa shape index (κ2) is 9.85. The van der Waals surface area contributed by atoms with Crippen LogP contribution in [0.1, 0.15) is 29.6 Å². The van der Waals surface area contributed by atoms with Crippen LogP contribution in [0.25, 0.3) is 0 Å². The van der Waals surface area contributed by atoms with Gasteiger partial charge >= 0.3 is 0 Å². The SMILES string of the molecule is C=CC(=O)NC1CCN(c2nc(Nc3ccc(N4CCC(F)(F)CC4)cc3)c(F)cc2C(N)=O)C1. The zero-order valence-corrected chi connectivity index (χ0v) is 19.1. The van der Waals surface area contributed by atoms with Gasteiger partial charge in [0.15, 0.2) is 11.6 Å². The number of benzene rings is 1. The van der Waals surface area contributed by atoms with Crippen LogP contribution in [0.3, 0.4) is 0 Å². The average Bonchev–Trinajstić information content (AvgIpc) is 3.28. The van der Waals surface area contributed by atoms with Crippen molar-refractivity contribution in [2.24, 2.45) is 5.73 Å². The van der Waals surface area contributed by atoms with E-state index in [0.717, 1.165) is 11.8 Å². The van der Waals surface area contributed by atoms with E-state index in [1.807, 2.05) is 4.90 Å². The molecule has 0 bridgehead atoms. The van der Waals surface area contributed by atoms with Gasteiger partial charge in [-0.1, -0.05) is 6.58 Å². The van der Waals surface area contributed by atoms with Gasteiger partial charge in [0.25, 0.3) is 11.8 Å².